The van der Waals surface area contributed by atoms with Crippen LogP contribution >= 0.6 is 0 Å². The number of benzene rings is 1. The van der Waals surface area contributed by atoms with Gasteiger partial charge < -0.3 is 10.1 Å². The molecule has 1 aromatic carbocycles. The number of hydrogen-bond donors (Lipinski definition) is 1. The Morgan fingerprint density at radius 1 is 1.42 bits per heavy atom. The molecule has 0 spiro atoms. The molecule has 1 aromatic rings. The molecule has 0 saturated heterocycles. The lowest BCUT2D eigenvalue weighted by molar-refractivity contribution is -0.385. The van der Waals surface area contributed by atoms with E-state index < -0.39 is 16.8 Å². The van der Waals surface area contributed by atoms with Gasteiger partial charge in [0.05, 0.1) is 11.5 Å². The standard InChI is InChI=1S/C12H14N2O5/c1-3-19-12(16)11(15)13-7-9-5-4-6-10(8(9)2)14(17)18/h4-6H,3,7H2,1-2H3,(H,13,15). The number of ether oxygens (including phenoxy) is 1. The van der Waals surface area contributed by atoms with Gasteiger partial charge >= 0.3 is 11.9 Å². The van der Waals surface area contributed by atoms with Gasteiger partial charge in [-0.05, 0) is 19.4 Å². The molecule has 0 aliphatic rings. The zero-order chi connectivity index (χ0) is 14.4. The molecule has 0 bridgehead atoms. The molecule has 19 heavy (non-hydrogen) atoms. The maximum Gasteiger partial charge on any atom is 0.396 e. The van der Waals surface area contributed by atoms with Crippen LogP contribution in [0.15, 0.2) is 18.2 Å². The molecule has 0 aliphatic heterocycles. The normalized spacial score (nSPS) is 9.79. The average molecular weight is 266 g/mol. The summed E-state index contributed by atoms with van der Waals surface area (Å²) >= 11 is 0. The van der Waals surface area contributed by atoms with Gasteiger partial charge in [-0.2, -0.15) is 0 Å². The molecule has 1 N–H and O–H groups in total. The Hall–Kier alpha value is -2.44. The van der Waals surface area contributed by atoms with Crippen LogP contribution in [0.4, 0.5) is 5.69 Å². The quantitative estimate of drug-likeness (QED) is 0.380. The predicted molar refractivity (Wildman–Crippen MR) is 66.3 cm³/mol. The summed E-state index contributed by atoms with van der Waals surface area (Å²) in [6.07, 6.45) is 0. The minimum Gasteiger partial charge on any atom is -0.459 e. The topological polar surface area (TPSA) is 98.5 Å². The molecule has 7 nitrogen and oxygen atoms in total. The summed E-state index contributed by atoms with van der Waals surface area (Å²) in [7, 11) is 0. The second kappa shape index (κ2) is 6.48. The van der Waals surface area contributed by atoms with Crippen molar-refractivity contribution < 1.29 is 19.2 Å². The van der Waals surface area contributed by atoms with Gasteiger partial charge in [0, 0.05) is 18.2 Å². The number of carbonyl (C=O) groups excluding carboxylic acids is 2. The van der Waals surface area contributed by atoms with Gasteiger partial charge in [0.1, 0.15) is 0 Å². The lowest BCUT2D eigenvalue weighted by Crippen LogP contribution is -2.32. The van der Waals surface area contributed by atoms with E-state index in [1.165, 1.54) is 12.1 Å². The van der Waals surface area contributed by atoms with Crippen molar-refractivity contribution in [2.75, 3.05) is 6.61 Å². The molecule has 0 radical (unpaired) electrons. The molecule has 1 amide bonds. The van der Waals surface area contributed by atoms with E-state index >= 15 is 0 Å². The Morgan fingerprint density at radius 2 is 2.11 bits per heavy atom. The van der Waals surface area contributed by atoms with E-state index in [4.69, 9.17) is 0 Å². The molecular weight excluding hydrogens is 252 g/mol. The predicted octanol–water partition coefficient (Wildman–Crippen LogP) is 1.08. The highest BCUT2D eigenvalue weighted by atomic mass is 16.6. The second-order valence-corrected chi connectivity index (χ2v) is 3.72. The van der Waals surface area contributed by atoms with E-state index in [-0.39, 0.29) is 18.8 Å². The van der Waals surface area contributed by atoms with Gasteiger partial charge in [-0.15, -0.1) is 0 Å². The summed E-state index contributed by atoms with van der Waals surface area (Å²) in [4.78, 5) is 32.7. The summed E-state index contributed by atoms with van der Waals surface area (Å²) in [6, 6.07) is 4.55. The van der Waals surface area contributed by atoms with Crippen LogP contribution in [0.25, 0.3) is 0 Å². The van der Waals surface area contributed by atoms with E-state index in [9.17, 15) is 19.7 Å². The fourth-order valence-corrected chi connectivity index (χ4v) is 1.50. The van der Waals surface area contributed by atoms with Gasteiger partial charge in [0.25, 0.3) is 5.69 Å². The molecule has 0 heterocycles. The van der Waals surface area contributed by atoms with Crippen LogP contribution in [0, 0.1) is 17.0 Å². The van der Waals surface area contributed by atoms with Crippen LogP contribution in [0.5, 0.6) is 0 Å². The van der Waals surface area contributed by atoms with Crippen LogP contribution in [0.1, 0.15) is 18.1 Å². The zero-order valence-electron chi connectivity index (χ0n) is 10.6. The zero-order valence-corrected chi connectivity index (χ0v) is 10.6. The van der Waals surface area contributed by atoms with E-state index in [1.54, 1.807) is 19.9 Å². The second-order valence-electron chi connectivity index (χ2n) is 3.72. The van der Waals surface area contributed by atoms with E-state index in [2.05, 4.69) is 10.1 Å². The van der Waals surface area contributed by atoms with Crippen molar-refractivity contribution in [1.82, 2.24) is 5.32 Å². The summed E-state index contributed by atoms with van der Waals surface area (Å²) in [5.74, 6) is -1.83. The number of amides is 1. The van der Waals surface area contributed by atoms with Crippen LogP contribution < -0.4 is 5.32 Å². The van der Waals surface area contributed by atoms with Crippen LogP contribution in [-0.4, -0.2) is 23.4 Å². The number of hydrogen-bond acceptors (Lipinski definition) is 5. The first kappa shape index (κ1) is 14.6. The molecule has 0 aliphatic carbocycles. The van der Waals surface area contributed by atoms with Crippen molar-refractivity contribution in [1.29, 1.82) is 0 Å². The highest BCUT2D eigenvalue weighted by Gasteiger charge is 2.16. The van der Waals surface area contributed by atoms with Crippen molar-refractivity contribution in [3.05, 3.63) is 39.4 Å². The Kier molecular flexibility index (Phi) is 4.99. The third-order valence-electron chi connectivity index (χ3n) is 2.51. The van der Waals surface area contributed by atoms with Crippen molar-refractivity contribution in [2.24, 2.45) is 0 Å². The largest absolute Gasteiger partial charge is 0.459 e. The first-order valence-electron chi connectivity index (χ1n) is 5.65. The number of nitrogens with zero attached hydrogens (tertiary/aromatic N) is 1. The summed E-state index contributed by atoms with van der Waals surface area (Å²) in [5, 5.41) is 13.1. The van der Waals surface area contributed by atoms with Crippen LogP contribution in [0.3, 0.4) is 0 Å². The fourth-order valence-electron chi connectivity index (χ4n) is 1.50. The van der Waals surface area contributed by atoms with Crippen molar-refractivity contribution in [3.63, 3.8) is 0 Å². The number of rotatable bonds is 4. The van der Waals surface area contributed by atoms with E-state index in [0.29, 0.717) is 11.1 Å². The fraction of sp³-hybridized carbons (Fsp3) is 0.333. The van der Waals surface area contributed by atoms with Crippen molar-refractivity contribution in [2.45, 2.75) is 20.4 Å². The highest BCUT2D eigenvalue weighted by molar-refractivity contribution is 6.32. The minimum atomic E-state index is -0.967. The van der Waals surface area contributed by atoms with Gasteiger partial charge in [-0.1, -0.05) is 12.1 Å². The number of nitro benzene ring substituents is 1. The maximum absolute atomic E-state index is 11.3. The van der Waals surface area contributed by atoms with Crippen LogP contribution in [0.2, 0.25) is 0 Å². The van der Waals surface area contributed by atoms with Crippen molar-refractivity contribution in [3.8, 4) is 0 Å². The average Bonchev–Trinajstić information content (AvgIpc) is 2.37. The Morgan fingerprint density at radius 3 is 2.68 bits per heavy atom. The molecule has 1 rings (SSSR count). The number of nitrogens with one attached hydrogen (secondary N) is 1. The van der Waals surface area contributed by atoms with E-state index in [0.717, 1.165) is 0 Å². The third kappa shape index (κ3) is 3.77. The van der Waals surface area contributed by atoms with Crippen molar-refractivity contribution >= 4 is 17.6 Å². The third-order valence-corrected chi connectivity index (χ3v) is 2.51. The number of carbonyl (C=O) groups is 2. The highest BCUT2D eigenvalue weighted by Crippen LogP contribution is 2.20. The lowest BCUT2D eigenvalue weighted by Gasteiger charge is -2.07. The molecule has 7 heteroatoms. The first-order chi connectivity index (χ1) is 8.97. The smallest absolute Gasteiger partial charge is 0.396 e. The Labute approximate surface area is 109 Å². The van der Waals surface area contributed by atoms with Gasteiger partial charge in [0.2, 0.25) is 0 Å². The molecule has 102 valence electrons. The molecule has 0 fully saturated rings. The first-order valence-corrected chi connectivity index (χ1v) is 5.65. The molecule has 0 atom stereocenters. The van der Waals surface area contributed by atoms with Gasteiger partial charge in [-0.3, -0.25) is 14.9 Å². The maximum atomic E-state index is 11.3. The van der Waals surface area contributed by atoms with Crippen LogP contribution in [-0.2, 0) is 20.9 Å². The molecule has 0 saturated carbocycles. The molecule has 0 unspecified atom stereocenters. The molecule has 0 aromatic heterocycles. The van der Waals surface area contributed by atoms with Gasteiger partial charge in [-0.25, -0.2) is 4.79 Å². The lowest BCUT2D eigenvalue weighted by atomic mass is 10.1. The SMILES string of the molecule is CCOC(=O)C(=O)NCc1cccc([N+](=O)[O-])c1C. The van der Waals surface area contributed by atoms with Gasteiger partial charge in [0.15, 0.2) is 0 Å². The Bertz CT molecular complexity index is 513. The number of nitro groups is 1. The summed E-state index contributed by atoms with van der Waals surface area (Å²) < 4.78 is 4.53. The monoisotopic (exact) mass is 266 g/mol. The molecular formula is C12H14N2O5. The number of esters is 1. The Balaban J connectivity index is 2.74. The minimum absolute atomic E-state index is 0.0251. The summed E-state index contributed by atoms with van der Waals surface area (Å²) in [5.41, 5.74) is 1.01. The van der Waals surface area contributed by atoms with E-state index in [1.807, 2.05) is 0 Å². The summed E-state index contributed by atoms with van der Waals surface area (Å²) in [6.45, 7) is 3.33.